The van der Waals surface area contributed by atoms with E-state index in [1.54, 1.807) is 18.2 Å². The average molecular weight is 425 g/mol. The predicted octanol–water partition coefficient (Wildman–Crippen LogP) is 4.56. The van der Waals surface area contributed by atoms with Crippen LogP contribution in [-0.4, -0.2) is 16.2 Å². The number of halogens is 1. The standard InChI is InChI=1S/C21H13BrO5/c22-10-11-1-4-14-17(7-11)21(27-20(14)25)15-5-2-12(23)8-18(15)26-19-9-13(24)3-6-16(19)21/h1-9,23-24H,10H2. The number of aromatic hydroxyl groups is 2. The van der Waals surface area contributed by atoms with Gasteiger partial charge >= 0.3 is 5.97 Å². The lowest BCUT2D eigenvalue weighted by molar-refractivity contribution is 0.0224. The van der Waals surface area contributed by atoms with Gasteiger partial charge in [0.15, 0.2) is 5.60 Å². The highest BCUT2D eigenvalue weighted by atomic mass is 79.9. The van der Waals surface area contributed by atoms with E-state index in [1.165, 1.54) is 24.3 Å². The van der Waals surface area contributed by atoms with Gasteiger partial charge in [0.25, 0.3) is 0 Å². The summed E-state index contributed by atoms with van der Waals surface area (Å²) in [6, 6.07) is 15.0. The van der Waals surface area contributed by atoms with Crippen LogP contribution in [0.15, 0.2) is 54.6 Å². The SMILES string of the molecule is O=C1OC2(c3ccc(O)cc3Oc3cc(O)ccc32)c2cc(CBr)ccc21. The maximum Gasteiger partial charge on any atom is 0.340 e. The van der Waals surface area contributed by atoms with Gasteiger partial charge in [-0.15, -0.1) is 0 Å². The number of hydrogen-bond donors (Lipinski definition) is 2. The summed E-state index contributed by atoms with van der Waals surface area (Å²) < 4.78 is 11.9. The van der Waals surface area contributed by atoms with Gasteiger partial charge < -0.3 is 19.7 Å². The van der Waals surface area contributed by atoms with E-state index >= 15 is 0 Å². The summed E-state index contributed by atoms with van der Waals surface area (Å²) in [6.45, 7) is 0. The monoisotopic (exact) mass is 424 g/mol. The molecular weight excluding hydrogens is 412 g/mol. The zero-order chi connectivity index (χ0) is 18.8. The Bertz CT molecular complexity index is 1070. The molecule has 0 saturated carbocycles. The van der Waals surface area contributed by atoms with Gasteiger partial charge in [0.05, 0.1) is 5.56 Å². The minimum atomic E-state index is -1.20. The summed E-state index contributed by atoms with van der Waals surface area (Å²) in [6.07, 6.45) is 0. The maximum absolute atomic E-state index is 12.7. The summed E-state index contributed by atoms with van der Waals surface area (Å²) in [5.74, 6) is 0.389. The Morgan fingerprint density at radius 1 is 0.852 bits per heavy atom. The highest BCUT2D eigenvalue weighted by Gasteiger charge is 2.53. The molecule has 1 spiro atoms. The summed E-state index contributed by atoms with van der Waals surface area (Å²) >= 11 is 3.46. The van der Waals surface area contributed by atoms with Crippen LogP contribution < -0.4 is 4.74 Å². The van der Waals surface area contributed by atoms with E-state index in [1.807, 2.05) is 12.1 Å². The molecule has 0 aliphatic carbocycles. The first kappa shape index (κ1) is 16.2. The second kappa shape index (κ2) is 5.50. The van der Waals surface area contributed by atoms with Gasteiger partial charge in [-0.3, -0.25) is 0 Å². The quantitative estimate of drug-likeness (QED) is 0.442. The van der Waals surface area contributed by atoms with Crippen molar-refractivity contribution in [2.45, 2.75) is 10.9 Å². The molecule has 2 heterocycles. The lowest BCUT2D eigenvalue weighted by Gasteiger charge is -2.36. The molecule has 2 aliphatic rings. The first-order chi connectivity index (χ1) is 13.0. The fourth-order valence-corrected chi connectivity index (χ4v) is 4.18. The van der Waals surface area contributed by atoms with E-state index in [0.29, 0.717) is 39.1 Å². The molecular formula is C21H13BrO5. The summed E-state index contributed by atoms with van der Waals surface area (Å²) in [5.41, 5.74) is 2.24. The van der Waals surface area contributed by atoms with E-state index in [2.05, 4.69) is 15.9 Å². The number of carbonyl (C=O) groups is 1. The van der Waals surface area contributed by atoms with Gasteiger partial charge in [0.2, 0.25) is 0 Å². The number of carbonyl (C=O) groups excluding carboxylic acids is 1. The second-order valence-electron chi connectivity index (χ2n) is 6.55. The van der Waals surface area contributed by atoms with Crippen LogP contribution >= 0.6 is 15.9 Å². The number of phenolic OH excluding ortho intramolecular Hbond substituents is 2. The maximum atomic E-state index is 12.7. The zero-order valence-corrected chi connectivity index (χ0v) is 15.5. The van der Waals surface area contributed by atoms with Crippen molar-refractivity contribution in [2.24, 2.45) is 0 Å². The Hall–Kier alpha value is -2.99. The van der Waals surface area contributed by atoms with E-state index in [4.69, 9.17) is 9.47 Å². The topological polar surface area (TPSA) is 76.0 Å². The molecule has 0 atom stereocenters. The van der Waals surface area contributed by atoms with Crippen molar-refractivity contribution >= 4 is 21.9 Å². The molecule has 0 radical (unpaired) electrons. The molecule has 2 N–H and O–H groups in total. The molecule has 3 aromatic carbocycles. The Balaban J connectivity index is 1.90. The van der Waals surface area contributed by atoms with Crippen LogP contribution in [0.4, 0.5) is 0 Å². The zero-order valence-electron chi connectivity index (χ0n) is 13.9. The molecule has 3 aromatic rings. The number of phenols is 2. The molecule has 0 amide bonds. The molecule has 0 saturated heterocycles. The van der Waals surface area contributed by atoms with Crippen LogP contribution in [0.5, 0.6) is 23.0 Å². The largest absolute Gasteiger partial charge is 0.508 e. The molecule has 5 rings (SSSR count). The third-order valence-electron chi connectivity index (χ3n) is 4.99. The minimum Gasteiger partial charge on any atom is -0.508 e. The van der Waals surface area contributed by atoms with E-state index in [9.17, 15) is 15.0 Å². The normalized spacial score (nSPS) is 15.5. The highest BCUT2D eigenvalue weighted by molar-refractivity contribution is 9.08. The number of hydrogen-bond acceptors (Lipinski definition) is 5. The molecule has 0 unspecified atom stereocenters. The third kappa shape index (κ3) is 2.13. The lowest BCUT2D eigenvalue weighted by Crippen LogP contribution is -2.33. The predicted molar refractivity (Wildman–Crippen MR) is 101 cm³/mol. The van der Waals surface area contributed by atoms with Gasteiger partial charge in [-0.25, -0.2) is 4.79 Å². The molecule has 27 heavy (non-hydrogen) atoms. The molecule has 134 valence electrons. The Kier molecular flexibility index (Phi) is 3.30. The van der Waals surface area contributed by atoms with Crippen molar-refractivity contribution in [2.75, 3.05) is 0 Å². The molecule has 2 aliphatic heterocycles. The van der Waals surface area contributed by atoms with Gasteiger partial charge in [-0.2, -0.15) is 0 Å². The van der Waals surface area contributed by atoms with Crippen LogP contribution in [0.25, 0.3) is 0 Å². The highest BCUT2D eigenvalue weighted by Crippen LogP contribution is 2.57. The van der Waals surface area contributed by atoms with Crippen LogP contribution in [0.2, 0.25) is 0 Å². The smallest absolute Gasteiger partial charge is 0.340 e. The Morgan fingerprint density at radius 2 is 1.48 bits per heavy atom. The van der Waals surface area contributed by atoms with E-state index in [-0.39, 0.29) is 11.5 Å². The van der Waals surface area contributed by atoms with Crippen molar-refractivity contribution in [1.29, 1.82) is 0 Å². The van der Waals surface area contributed by atoms with Crippen LogP contribution in [0, 0.1) is 0 Å². The Labute approximate surface area is 162 Å². The number of rotatable bonds is 1. The van der Waals surface area contributed by atoms with Crippen molar-refractivity contribution in [3.8, 4) is 23.0 Å². The fourth-order valence-electron chi connectivity index (χ4n) is 3.83. The van der Waals surface area contributed by atoms with Crippen molar-refractivity contribution in [3.05, 3.63) is 82.4 Å². The number of alkyl halides is 1. The van der Waals surface area contributed by atoms with Crippen molar-refractivity contribution < 1.29 is 24.5 Å². The summed E-state index contributed by atoms with van der Waals surface area (Å²) in [4.78, 5) is 12.7. The first-order valence-electron chi connectivity index (χ1n) is 8.30. The first-order valence-corrected chi connectivity index (χ1v) is 9.42. The summed E-state index contributed by atoms with van der Waals surface area (Å²) in [5, 5.41) is 20.4. The fraction of sp³-hybridized carbons (Fsp3) is 0.0952. The van der Waals surface area contributed by atoms with Crippen LogP contribution in [0.3, 0.4) is 0 Å². The second-order valence-corrected chi connectivity index (χ2v) is 7.11. The molecule has 0 aromatic heterocycles. The number of esters is 1. The minimum absolute atomic E-state index is 0.0336. The van der Waals surface area contributed by atoms with Gasteiger partial charge in [-0.1, -0.05) is 22.0 Å². The Morgan fingerprint density at radius 3 is 2.07 bits per heavy atom. The van der Waals surface area contributed by atoms with Crippen molar-refractivity contribution in [3.63, 3.8) is 0 Å². The van der Waals surface area contributed by atoms with Gasteiger partial charge in [0, 0.05) is 34.2 Å². The molecule has 0 bridgehead atoms. The van der Waals surface area contributed by atoms with Gasteiger partial charge in [0.1, 0.15) is 23.0 Å². The average Bonchev–Trinajstić information content (AvgIpc) is 2.94. The van der Waals surface area contributed by atoms with E-state index in [0.717, 1.165) is 5.56 Å². The summed E-state index contributed by atoms with van der Waals surface area (Å²) in [7, 11) is 0. The number of benzene rings is 3. The van der Waals surface area contributed by atoms with Crippen molar-refractivity contribution in [1.82, 2.24) is 0 Å². The van der Waals surface area contributed by atoms with Crippen LogP contribution in [0.1, 0.15) is 32.6 Å². The molecule has 5 nitrogen and oxygen atoms in total. The lowest BCUT2D eigenvalue weighted by atomic mass is 9.77. The number of fused-ring (bicyclic) bond motifs is 6. The van der Waals surface area contributed by atoms with E-state index < -0.39 is 11.6 Å². The third-order valence-corrected chi connectivity index (χ3v) is 5.64. The molecule has 0 fully saturated rings. The molecule has 6 heteroatoms. The van der Waals surface area contributed by atoms with Gasteiger partial charge in [-0.05, 0) is 42.0 Å². The van der Waals surface area contributed by atoms with Crippen LogP contribution in [-0.2, 0) is 15.7 Å². The number of ether oxygens (including phenoxy) is 2.